The van der Waals surface area contributed by atoms with Gasteiger partial charge in [0.2, 0.25) is 0 Å². The van der Waals surface area contributed by atoms with Gasteiger partial charge in [-0.15, -0.1) is 5.10 Å². The highest BCUT2D eigenvalue weighted by molar-refractivity contribution is 7.84. The number of nitrogens with one attached hydrogen (secondary N) is 1. The van der Waals surface area contributed by atoms with Gasteiger partial charge in [0.1, 0.15) is 0 Å². The first-order valence-electron chi connectivity index (χ1n) is 4.62. The molecule has 6 heteroatoms. The van der Waals surface area contributed by atoms with Gasteiger partial charge in [-0.1, -0.05) is 11.6 Å². The van der Waals surface area contributed by atoms with Crippen LogP contribution in [0.3, 0.4) is 0 Å². The Morgan fingerprint density at radius 2 is 2.40 bits per heavy atom. The molecular weight excluding hydrogens is 234 g/mol. The Hall–Kier alpha value is -0.680. The minimum absolute atomic E-state index is 0.245. The fourth-order valence-electron chi connectivity index (χ4n) is 1.12. The molecule has 0 aromatic carbocycles. The van der Waals surface area contributed by atoms with Crippen molar-refractivity contribution in [1.82, 2.24) is 10.2 Å². The van der Waals surface area contributed by atoms with E-state index < -0.39 is 10.8 Å². The van der Waals surface area contributed by atoms with E-state index in [1.54, 1.807) is 18.5 Å². The highest BCUT2D eigenvalue weighted by atomic mass is 35.5. The Morgan fingerprint density at radius 3 is 3.00 bits per heavy atom. The fourth-order valence-corrected chi connectivity index (χ4v) is 1.97. The van der Waals surface area contributed by atoms with Gasteiger partial charge in [-0.2, -0.15) is 5.10 Å². The number of aromatic nitrogens is 2. The number of hydrogen-bond donors (Lipinski definition) is 1. The van der Waals surface area contributed by atoms with E-state index in [9.17, 15) is 4.21 Å². The van der Waals surface area contributed by atoms with Crippen LogP contribution in [0, 0.1) is 0 Å². The summed E-state index contributed by atoms with van der Waals surface area (Å²) in [6.45, 7) is 2.03. The van der Waals surface area contributed by atoms with Crippen LogP contribution >= 0.6 is 11.6 Å². The molecule has 2 atom stereocenters. The molecular formula is C9H14ClN3OS. The summed E-state index contributed by atoms with van der Waals surface area (Å²) in [5, 5.41) is 11.0. The summed E-state index contributed by atoms with van der Waals surface area (Å²) in [4.78, 5) is 0. The number of hydrogen-bond acceptors (Lipinski definition) is 4. The molecule has 0 aliphatic heterocycles. The van der Waals surface area contributed by atoms with Crippen molar-refractivity contribution in [3.63, 3.8) is 0 Å². The molecule has 0 fully saturated rings. The molecule has 84 valence electrons. The van der Waals surface area contributed by atoms with Gasteiger partial charge in [0.15, 0.2) is 5.15 Å². The number of nitrogens with zero attached hydrogens (tertiary/aromatic N) is 2. The molecule has 1 N–H and O–H groups in total. The largest absolute Gasteiger partial charge is 0.381 e. The number of halogens is 1. The van der Waals surface area contributed by atoms with E-state index in [-0.39, 0.29) is 6.04 Å². The lowest BCUT2D eigenvalue weighted by Gasteiger charge is -2.13. The molecule has 1 aromatic rings. The molecule has 0 aliphatic carbocycles. The van der Waals surface area contributed by atoms with Crippen LogP contribution in [0.1, 0.15) is 13.3 Å². The molecule has 15 heavy (non-hydrogen) atoms. The second kappa shape index (κ2) is 6.02. The highest BCUT2D eigenvalue weighted by Gasteiger charge is 2.04. The van der Waals surface area contributed by atoms with Crippen molar-refractivity contribution < 1.29 is 4.21 Å². The van der Waals surface area contributed by atoms with Crippen LogP contribution in [-0.4, -0.2) is 32.5 Å². The highest BCUT2D eigenvalue weighted by Crippen LogP contribution is 2.12. The standard InChI is InChI=1S/C9H14ClN3OS/c1-7(3-4-15(2)14)12-8-5-9(10)13-11-6-8/h5-7H,3-4H2,1-2H3,(H,12,13). The summed E-state index contributed by atoms with van der Waals surface area (Å²) < 4.78 is 10.9. The Labute approximate surface area is 96.9 Å². The van der Waals surface area contributed by atoms with Crippen LogP contribution in [0.15, 0.2) is 12.3 Å². The maximum absolute atomic E-state index is 10.9. The molecule has 0 saturated heterocycles. The first kappa shape index (κ1) is 12.4. The van der Waals surface area contributed by atoms with Crippen molar-refractivity contribution in [3.05, 3.63) is 17.4 Å². The summed E-state index contributed by atoms with van der Waals surface area (Å²) in [6.07, 6.45) is 4.17. The fraction of sp³-hybridized carbons (Fsp3) is 0.556. The Balaban J connectivity index is 2.44. The predicted octanol–water partition coefficient (Wildman–Crippen LogP) is 1.70. The normalized spacial score (nSPS) is 14.6. The maximum atomic E-state index is 10.9. The van der Waals surface area contributed by atoms with E-state index in [4.69, 9.17) is 11.6 Å². The van der Waals surface area contributed by atoms with Crippen LogP contribution in [0.5, 0.6) is 0 Å². The van der Waals surface area contributed by atoms with Gasteiger partial charge in [0.05, 0.1) is 11.9 Å². The van der Waals surface area contributed by atoms with E-state index >= 15 is 0 Å². The SMILES string of the molecule is CC(CCS(C)=O)Nc1cnnc(Cl)c1. The third-order valence-corrected chi connectivity index (χ3v) is 2.87. The van der Waals surface area contributed by atoms with Crippen molar-refractivity contribution in [1.29, 1.82) is 0 Å². The second-order valence-electron chi connectivity index (χ2n) is 3.38. The topological polar surface area (TPSA) is 54.9 Å². The Morgan fingerprint density at radius 1 is 1.67 bits per heavy atom. The quantitative estimate of drug-likeness (QED) is 0.861. The lowest BCUT2D eigenvalue weighted by molar-refractivity contribution is 0.678. The molecule has 0 aliphatic rings. The molecule has 0 amide bonds. The van der Waals surface area contributed by atoms with Crippen molar-refractivity contribution in [2.75, 3.05) is 17.3 Å². The zero-order chi connectivity index (χ0) is 11.3. The van der Waals surface area contributed by atoms with Crippen LogP contribution in [0.25, 0.3) is 0 Å². The third kappa shape index (κ3) is 5.09. The van der Waals surface area contributed by atoms with Crippen LogP contribution in [-0.2, 0) is 10.8 Å². The Bertz CT molecular complexity index is 348. The molecule has 2 unspecified atom stereocenters. The van der Waals surface area contributed by atoms with Crippen molar-refractivity contribution >= 4 is 28.1 Å². The van der Waals surface area contributed by atoms with Gasteiger partial charge in [0.25, 0.3) is 0 Å². The first-order chi connectivity index (χ1) is 7.08. The van der Waals surface area contributed by atoms with E-state index in [0.29, 0.717) is 10.9 Å². The maximum Gasteiger partial charge on any atom is 0.153 e. The first-order valence-corrected chi connectivity index (χ1v) is 6.73. The lowest BCUT2D eigenvalue weighted by atomic mass is 10.2. The minimum Gasteiger partial charge on any atom is -0.381 e. The van der Waals surface area contributed by atoms with Gasteiger partial charge >= 0.3 is 0 Å². The van der Waals surface area contributed by atoms with Gasteiger partial charge in [0, 0.05) is 34.9 Å². The van der Waals surface area contributed by atoms with Crippen LogP contribution in [0.4, 0.5) is 5.69 Å². The molecule has 0 radical (unpaired) electrons. The van der Waals surface area contributed by atoms with Crippen molar-refractivity contribution in [2.45, 2.75) is 19.4 Å². The molecule has 0 bridgehead atoms. The molecule has 1 aromatic heterocycles. The van der Waals surface area contributed by atoms with Crippen molar-refractivity contribution in [2.24, 2.45) is 0 Å². The minimum atomic E-state index is -0.743. The van der Waals surface area contributed by atoms with Gasteiger partial charge in [-0.05, 0) is 13.3 Å². The number of anilines is 1. The predicted molar refractivity (Wildman–Crippen MR) is 63.7 cm³/mol. The van der Waals surface area contributed by atoms with E-state index in [0.717, 1.165) is 12.1 Å². The molecule has 0 spiro atoms. The zero-order valence-electron chi connectivity index (χ0n) is 8.74. The van der Waals surface area contributed by atoms with Crippen LogP contribution in [0.2, 0.25) is 5.15 Å². The lowest BCUT2D eigenvalue weighted by Crippen LogP contribution is -2.18. The van der Waals surface area contributed by atoms with Gasteiger partial charge in [-0.25, -0.2) is 0 Å². The van der Waals surface area contributed by atoms with E-state index in [2.05, 4.69) is 15.5 Å². The Kier molecular flexibility index (Phi) is 4.98. The van der Waals surface area contributed by atoms with Crippen LogP contribution < -0.4 is 5.32 Å². The molecule has 1 rings (SSSR count). The van der Waals surface area contributed by atoms with E-state index in [1.165, 1.54) is 0 Å². The molecule has 1 heterocycles. The number of rotatable bonds is 5. The summed E-state index contributed by atoms with van der Waals surface area (Å²) in [5.41, 5.74) is 0.837. The zero-order valence-corrected chi connectivity index (χ0v) is 10.3. The monoisotopic (exact) mass is 247 g/mol. The second-order valence-corrected chi connectivity index (χ2v) is 5.32. The van der Waals surface area contributed by atoms with Crippen molar-refractivity contribution in [3.8, 4) is 0 Å². The summed E-state index contributed by atoms with van der Waals surface area (Å²) in [7, 11) is -0.743. The molecule has 4 nitrogen and oxygen atoms in total. The summed E-state index contributed by atoms with van der Waals surface area (Å²) in [5.74, 6) is 0.695. The summed E-state index contributed by atoms with van der Waals surface area (Å²) in [6, 6.07) is 1.96. The van der Waals surface area contributed by atoms with Gasteiger partial charge < -0.3 is 5.32 Å². The average molecular weight is 248 g/mol. The summed E-state index contributed by atoms with van der Waals surface area (Å²) >= 11 is 5.69. The third-order valence-electron chi connectivity index (χ3n) is 1.88. The molecule has 0 saturated carbocycles. The van der Waals surface area contributed by atoms with Gasteiger partial charge in [-0.3, -0.25) is 4.21 Å². The average Bonchev–Trinajstić information content (AvgIpc) is 2.15. The van der Waals surface area contributed by atoms with E-state index in [1.807, 2.05) is 6.92 Å². The smallest absolute Gasteiger partial charge is 0.153 e.